The van der Waals surface area contributed by atoms with Gasteiger partial charge in [0.15, 0.2) is 0 Å². The van der Waals surface area contributed by atoms with E-state index in [1.54, 1.807) is 18.2 Å². The van der Waals surface area contributed by atoms with Gasteiger partial charge in [-0.15, -0.1) is 0 Å². The first kappa shape index (κ1) is 14.2. The van der Waals surface area contributed by atoms with E-state index in [0.717, 1.165) is 4.47 Å². The fraction of sp³-hybridized carbons (Fsp3) is 0. The molecule has 2 aromatic rings. The summed E-state index contributed by atoms with van der Waals surface area (Å²) in [6, 6.07) is 4.93. The number of rotatable bonds is 2. The van der Waals surface area contributed by atoms with E-state index in [9.17, 15) is 0 Å². The molecule has 2 nitrogen and oxygen atoms in total. The molecule has 1 heterocycles. The van der Waals surface area contributed by atoms with Crippen molar-refractivity contribution in [2.75, 3.05) is 5.32 Å². The van der Waals surface area contributed by atoms with Crippen LogP contribution < -0.4 is 5.32 Å². The standard InChI is InChI=1S/C11H5BrCl4N2/c12-6-1-5(13)4-17-11(6)18-10-3-8(15)7(14)2-9(10)16/h1-4H,(H,17,18). The number of anilines is 2. The van der Waals surface area contributed by atoms with Gasteiger partial charge in [-0.3, -0.25) is 0 Å². The van der Waals surface area contributed by atoms with Crippen molar-refractivity contribution in [3.63, 3.8) is 0 Å². The molecule has 0 fully saturated rings. The summed E-state index contributed by atoms with van der Waals surface area (Å²) in [4.78, 5) is 4.14. The SMILES string of the molecule is Clc1cnc(Nc2cc(Cl)c(Cl)cc2Cl)c(Br)c1. The van der Waals surface area contributed by atoms with Crippen LogP contribution in [0.1, 0.15) is 0 Å². The summed E-state index contributed by atoms with van der Waals surface area (Å²) in [6.45, 7) is 0. The Hall–Kier alpha value is -0.190. The van der Waals surface area contributed by atoms with Gasteiger partial charge in [0.2, 0.25) is 0 Å². The number of benzene rings is 1. The fourth-order valence-corrected chi connectivity index (χ4v) is 2.58. The molecule has 0 aliphatic heterocycles. The molecule has 1 aromatic heterocycles. The van der Waals surface area contributed by atoms with Gasteiger partial charge in [0.25, 0.3) is 0 Å². The van der Waals surface area contributed by atoms with Gasteiger partial charge in [0, 0.05) is 6.20 Å². The highest BCUT2D eigenvalue weighted by atomic mass is 79.9. The lowest BCUT2D eigenvalue weighted by atomic mass is 10.3. The topological polar surface area (TPSA) is 24.9 Å². The lowest BCUT2D eigenvalue weighted by Crippen LogP contribution is -1.95. The minimum absolute atomic E-state index is 0.398. The summed E-state index contributed by atoms with van der Waals surface area (Å²) in [5.41, 5.74) is 0.613. The number of halogens is 5. The third-order valence-electron chi connectivity index (χ3n) is 2.07. The second kappa shape index (κ2) is 5.85. The maximum absolute atomic E-state index is 6.06. The van der Waals surface area contributed by atoms with Crippen LogP contribution >= 0.6 is 62.3 Å². The van der Waals surface area contributed by atoms with E-state index in [-0.39, 0.29) is 0 Å². The molecular formula is C11H5BrCl4N2. The Kier molecular flexibility index (Phi) is 4.62. The Bertz CT molecular complexity index is 604. The van der Waals surface area contributed by atoms with Crippen LogP contribution in [0.2, 0.25) is 20.1 Å². The van der Waals surface area contributed by atoms with Crippen molar-refractivity contribution in [2.45, 2.75) is 0 Å². The molecule has 0 aliphatic rings. The third kappa shape index (κ3) is 3.22. The summed E-state index contributed by atoms with van der Waals surface area (Å²) in [5.74, 6) is 0.583. The average molecular weight is 387 g/mol. The quantitative estimate of drug-likeness (QED) is 0.621. The zero-order valence-corrected chi connectivity index (χ0v) is 13.3. The molecule has 18 heavy (non-hydrogen) atoms. The highest BCUT2D eigenvalue weighted by molar-refractivity contribution is 9.10. The highest BCUT2D eigenvalue weighted by Crippen LogP contribution is 2.35. The molecule has 0 saturated heterocycles. The molecule has 94 valence electrons. The van der Waals surface area contributed by atoms with Crippen molar-refractivity contribution >= 4 is 73.8 Å². The smallest absolute Gasteiger partial charge is 0.144 e. The maximum atomic E-state index is 6.06. The van der Waals surface area contributed by atoms with Crippen LogP contribution in [0.15, 0.2) is 28.9 Å². The van der Waals surface area contributed by atoms with E-state index in [1.165, 1.54) is 6.20 Å². The summed E-state index contributed by atoms with van der Waals surface area (Å²) in [5, 5.41) is 4.84. The second-order valence-electron chi connectivity index (χ2n) is 3.36. The molecule has 1 N–H and O–H groups in total. The average Bonchev–Trinajstić information content (AvgIpc) is 2.29. The molecule has 0 radical (unpaired) electrons. The molecule has 0 amide bonds. The van der Waals surface area contributed by atoms with Crippen molar-refractivity contribution in [2.24, 2.45) is 0 Å². The molecule has 0 unspecified atom stereocenters. The number of hydrogen-bond acceptors (Lipinski definition) is 2. The normalized spacial score (nSPS) is 10.5. The van der Waals surface area contributed by atoms with Gasteiger partial charge in [-0.05, 0) is 34.1 Å². The Morgan fingerprint density at radius 3 is 2.28 bits per heavy atom. The fourth-order valence-electron chi connectivity index (χ4n) is 1.25. The van der Waals surface area contributed by atoms with Crippen LogP contribution in [0.3, 0.4) is 0 Å². The minimum atomic E-state index is 0.398. The van der Waals surface area contributed by atoms with Gasteiger partial charge in [-0.1, -0.05) is 46.4 Å². The Morgan fingerprint density at radius 1 is 0.944 bits per heavy atom. The second-order valence-corrected chi connectivity index (χ2v) is 5.87. The lowest BCUT2D eigenvalue weighted by Gasteiger charge is -2.10. The van der Waals surface area contributed by atoms with Gasteiger partial charge < -0.3 is 5.32 Å². The molecule has 0 bridgehead atoms. The summed E-state index contributed by atoms with van der Waals surface area (Å²) in [7, 11) is 0. The number of aromatic nitrogens is 1. The number of hydrogen-bond donors (Lipinski definition) is 1. The number of pyridine rings is 1. The van der Waals surface area contributed by atoms with E-state index >= 15 is 0 Å². The van der Waals surface area contributed by atoms with E-state index in [2.05, 4.69) is 26.2 Å². The van der Waals surface area contributed by atoms with Crippen molar-refractivity contribution in [3.05, 3.63) is 49.0 Å². The number of nitrogens with one attached hydrogen (secondary N) is 1. The van der Waals surface area contributed by atoms with Crippen molar-refractivity contribution in [1.29, 1.82) is 0 Å². The van der Waals surface area contributed by atoms with E-state index < -0.39 is 0 Å². The maximum Gasteiger partial charge on any atom is 0.144 e. The van der Waals surface area contributed by atoms with Crippen molar-refractivity contribution < 1.29 is 0 Å². The van der Waals surface area contributed by atoms with E-state index in [1.807, 2.05) is 0 Å². The molecule has 1 aromatic carbocycles. The van der Waals surface area contributed by atoms with Crippen LogP contribution in [-0.2, 0) is 0 Å². The zero-order valence-electron chi connectivity index (χ0n) is 8.65. The summed E-state index contributed by atoms with van der Waals surface area (Å²) >= 11 is 27.0. The monoisotopic (exact) mass is 384 g/mol. The van der Waals surface area contributed by atoms with Crippen LogP contribution in [-0.4, -0.2) is 4.98 Å². The first-order chi connectivity index (χ1) is 8.47. The van der Waals surface area contributed by atoms with Gasteiger partial charge in [0.05, 0.1) is 30.3 Å². The van der Waals surface area contributed by atoms with Crippen molar-refractivity contribution in [3.8, 4) is 0 Å². The summed E-state index contributed by atoms with van der Waals surface area (Å²) in [6.07, 6.45) is 1.53. The zero-order chi connectivity index (χ0) is 13.3. The third-order valence-corrected chi connectivity index (χ3v) is 3.92. The lowest BCUT2D eigenvalue weighted by molar-refractivity contribution is 1.29. The largest absolute Gasteiger partial charge is 0.338 e. The first-order valence-electron chi connectivity index (χ1n) is 4.70. The predicted molar refractivity (Wildman–Crippen MR) is 81.7 cm³/mol. The molecule has 2 rings (SSSR count). The first-order valence-corrected chi connectivity index (χ1v) is 7.00. The molecule has 0 saturated carbocycles. The van der Waals surface area contributed by atoms with E-state index in [0.29, 0.717) is 31.6 Å². The van der Waals surface area contributed by atoms with Crippen LogP contribution in [0.5, 0.6) is 0 Å². The van der Waals surface area contributed by atoms with Crippen LogP contribution in [0, 0.1) is 0 Å². The summed E-state index contributed by atoms with van der Waals surface area (Å²) < 4.78 is 0.720. The van der Waals surface area contributed by atoms with Gasteiger partial charge >= 0.3 is 0 Å². The predicted octanol–water partition coefficient (Wildman–Crippen LogP) is 6.20. The van der Waals surface area contributed by atoms with E-state index in [4.69, 9.17) is 46.4 Å². The molecule has 7 heteroatoms. The van der Waals surface area contributed by atoms with Crippen LogP contribution in [0.25, 0.3) is 0 Å². The molecular weight excluding hydrogens is 382 g/mol. The Labute approximate surface area is 132 Å². The van der Waals surface area contributed by atoms with Gasteiger partial charge in [-0.25, -0.2) is 4.98 Å². The molecule has 0 spiro atoms. The van der Waals surface area contributed by atoms with Gasteiger partial charge in [-0.2, -0.15) is 0 Å². The van der Waals surface area contributed by atoms with Crippen LogP contribution in [0.4, 0.5) is 11.5 Å². The number of nitrogens with zero attached hydrogens (tertiary/aromatic N) is 1. The Morgan fingerprint density at radius 2 is 1.61 bits per heavy atom. The van der Waals surface area contributed by atoms with Crippen molar-refractivity contribution in [1.82, 2.24) is 4.98 Å². The molecule has 0 aliphatic carbocycles. The van der Waals surface area contributed by atoms with Gasteiger partial charge in [0.1, 0.15) is 5.82 Å². The minimum Gasteiger partial charge on any atom is -0.338 e. The Balaban J connectivity index is 2.37. The molecule has 0 atom stereocenters. The highest BCUT2D eigenvalue weighted by Gasteiger charge is 2.09.